The van der Waals surface area contributed by atoms with Gasteiger partial charge in [0.05, 0.1) is 6.61 Å². The number of nitrogens with two attached hydrogens (primary N) is 1. The largest absolute Gasteiger partial charge is 0.380 e. The lowest BCUT2D eigenvalue weighted by atomic mass is 10.1. The first-order valence-electron chi connectivity index (χ1n) is 5.85. The third kappa shape index (κ3) is 4.75. The minimum absolute atomic E-state index is 0.681. The summed E-state index contributed by atoms with van der Waals surface area (Å²) < 4.78 is 5.17. The second kappa shape index (κ2) is 8.28. The quantitative estimate of drug-likeness (QED) is 0.658. The molecule has 16 heavy (non-hydrogen) atoms. The highest BCUT2D eigenvalue weighted by Gasteiger charge is 2.00. The molecule has 0 aromatic heterocycles. The predicted molar refractivity (Wildman–Crippen MR) is 67.2 cm³/mol. The van der Waals surface area contributed by atoms with E-state index in [0.717, 1.165) is 32.5 Å². The molecule has 0 bridgehead atoms. The van der Waals surface area contributed by atoms with Crippen LogP contribution in [0.2, 0.25) is 0 Å². The molecule has 1 rings (SSSR count). The molecule has 0 aliphatic rings. The molecule has 1 aromatic rings. The Kier molecular flexibility index (Phi) is 6.81. The monoisotopic (exact) mass is 222 g/mol. The number of nitrogens with one attached hydrogen (secondary N) is 1. The summed E-state index contributed by atoms with van der Waals surface area (Å²) in [6.07, 6.45) is 2.23. The summed E-state index contributed by atoms with van der Waals surface area (Å²) in [5.74, 6) is 0. The Morgan fingerprint density at radius 1 is 1.19 bits per heavy atom. The third-order valence-electron chi connectivity index (χ3n) is 2.54. The van der Waals surface area contributed by atoms with Gasteiger partial charge in [-0.25, -0.2) is 0 Å². The Morgan fingerprint density at radius 2 is 1.94 bits per heavy atom. The van der Waals surface area contributed by atoms with E-state index in [2.05, 4.69) is 23.5 Å². The van der Waals surface area contributed by atoms with Gasteiger partial charge >= 0.3 is 0 Å². The van der Waals surface area contributed by atoms with Crippen LogP contribution < -0.4 is 11.1 Å². The number of ether oxygens (including phenoxy) is 1. The van der Waals surface area contributed by atoms with Crippen molar-refractivity contribution < 1.29 is 4.74 Å². The van der Waals surface area contributed by atoms with Gasteiger partial charge in [-0.05, 0) is 37.1 Å². The Hall–Kier alpha value is -0.900. The minimum atomic E-state index is 0.681. The van der Waals surface area contributed by atoms with Crippen molar-refractivity contribution in [2.24, 2.45) is 5.73 Å². The summed E-state index contributed by atoms with van der Waals surface area (Å²) in [6.45, 7) is 3.39. The van der Waals surface area contributed by atoms with Crippen LogP contribution in [0.1, 0.15) is 24.0 Å². The van der Waals surface area contributed by atoms with Gasteiger partial charge in [-0.15, -0.1) is 0 Å². The van der Waals surface area contributed by atoms with E-state index in [9.17, 15) is 0 Å². The average Bonchev–Trinajstić information content (AvgIpc) is 2.31. The topological polar surface area (TPSA) is 47.3 Å². The van der Waals surface area contributed by atoms with Crippen molar-refractivity contribution in [2.75, 3.05) is 20.2 Å². The van der Waals surface area contributed by atoms with E-state index < -0.39 is 0 Å². The summed E-state index contributed by atoms with van der Waals surface area (Å²) in [4.78, 5) is 0. The molecule has 0 radical (unpaired) electrons. The first kappa shape index (κ1) is 13.2. The zero-order valence-corrected chi connectivity index (χ0v) is 10.0. The van der Waals surface area contributed by atoms with Crippen LogP contribution in [0.15, 0.2) is 24.3 Å². The van der Waals surface area contributed by atoms with Crippen molar-refractivity contribution in [3.63, 3.8) is 0 Å². The molecule has 0 unspecified atom stereocenters. The molecule has 0 saturated carbocycles. The van der Waals surface area contributed by atoms with Gasteiger partial charge in [0.25, 0.3) is 0 Å². The molecule has 0 spiro atoms. The number of methoxy groups -OCH3 is 1. The fraction of sp³-hybridized carbons (Fsp3) is 0.538. The van der Waals surface area contributed by atoms with E-state index in [0.29, 0.717) is 6.61 Å². The maximum atomic E-state index is 5.44. The summed E-state index contributed by atoms with van der Waals surface area (Å²) in [6, 6.07) is 8.37. The van der Waals surface area contributed by atoms with Gasteiger partial charge < -0.3 is 15.8 Å². The Labute approximate surface area is 98.0 Å². The second-order valence-corrected chi connectivity index (χ2v) is 3.87. The maximum absolute atomic E-state index is 5.44. The normalized spacial score (nSPS) is 10.6. The highest BCUT2D eigenvalue weighted by atomic mass is 16.5. The van der Waals surface area contributed by atoms with E-state index in [1.807, 2.05) is 6.07 Å². The molecule has 0 aliphatic carbocycles. The fourth-order valence-corrected chi connectivity index (χ4v) is 1.64. The summed E-state index contributed by atoms with van der Waals surface area (Å²) in [5, 5.41) is 3.42. The van der Waals surface area contributed by atoms with Crippen molar-refractivity contribution in [2.45, 2.75) is 26.0 Å². The standard InChI is InChI=1S/C13H22N2O/c1-16-11-13-7-3-2-6-12(13)10-15-9-5-4-8-14/h2-3,6-7,15H,4-5,8-11,14H2,1H3. The highest BCUT2D eigenvalue weighted by molar-refractivity contribution is 5.26. The fourth-order valence-electron chi connectivity index (χ4n) is 1.64. The molecule has 0 saturated heterocycles. The Balaban J connectivity index is 2.34. The average molecular weight is 222 g/mol. The van der Waals surface area contributed by atoms with E-state index >= 15 is 0 Å². The van der Waals surface area contributed by atoms with Crippen molar-refractivity contribution in [1.82, 2.24) is 5.32 Å². The van der Waals surface area contributed by atoms with E-state index in [-0.39, 0.29) is 0 Å². The van der Waals surface area contributed by atoms with Crippen LogP contribution in [0, 0.1) is 0 Å². The maximum Gasteiger partial charge on any atom is 0.0716 e. The van der Waals surface area contributed by atoms with E-state index in [1.165, 1.54) is 11.1 Å². The van der Waals surface area contributed by atoms with E-state index in [1.54, 1.807) is 7.11 Å². The van der Waals surface area contributed by atoms with Crippen LogP contribution >= 0.6 is 0 Å². The van der Waals surface area contributed by atoms with Crippen LogP contribution in [0.3, 0.4) is 0 Å². The molecule has 0 aliphatic heterocycles. The second-order valence-electron chi connectivity index (χ2n) is 3.87. The van der Waals surface area contributed by atoms with Gasteiger partial charge in [0.1, 0.15) is 0 Å². The van der Waals surface area contributed by atoms with Gasteiger partial charge in [-0.3, -0.25) is 0 Å². The number of unbranched alkanes of at least 4 members (excludes halogenated alkanes) is 1. The molecule has 0 amide bonds. The lowest BCUT2D eigenvalue weighted by Gasteiger charge is -2.09. The molecule has 90 valence electrons. The first-order chi connectivity index (χ1) is 7.88. The molecule has 3 N–H and O–H groups in total. The van der Waals surface area contributed by atoms with Crippen LogP contribution in [-0.4, -0.2) is 20.2 Å². The zero-order valence-electron chi connectivity index (χ0n) is 10.0. The van der Waals surface area contributed by atoms with Crippen molar-refractivity contribution in [3.05, 3.63) is 35.4 Å². The number of rotatable bonds is 8. The molecule has 3 heteroatoms. The smallest absolute Gasteiger partial charge is 0.0716 e. The van der Waals surface area contributed by atoms with Crippen molar-refractivity contribution in [1.29, 1.82) is 0 Å². The highest BCUT2D eigenvalue weighted by Crippen LogP contribution is 2.09. The lowest BCUT2D eigenvalue weighted by Crippen LogP contribution is -2.17. The molecule has 0 atom stereocenters. The number of hydrogen-bond donors (Lipinski definition) is 2. The summed E-state index contributed by atoms with van der Waals surface area (Å²) in [7, 11) is 1.73. The molecule has 0 fully saturated rings. The Morgan fingerprint density at radius 3 is 2.62 bits per heavy atom. The lowest BCUT2D eigenvalue weighted by molar-refractivity contribution is 0.184. The van der Waals surface area contributed by atoms with Gasteiger partial charge in [-0.1, -0.05) is 24.3 Å². The van der Waals surface area contributed by atoms with Gasteiger partial charge in [0, 0.05) is 13.7 Å². The van der Waals surface area contributed by atoms with Gasteiger partial charge in [0.15, 0.2) is 0 Å². The molecular weight excluding hydrogens is 200 g/mol. The van der Waals surface area contributed by atoms with Crippen LogP contribution in [0.25, 0.3) is 0 Å². The Bertz CT molecular complexity index is 289. The van der Waals surface area contributed by atoms with Crippen LogP contribution in [0.5, 0.6) is 0 Å². The van der Waals surface area contributed by atoms with Gasteiger partial charge in [0.2, 0.25) is 0 Å². The van der Waals surface area contributed by atoms with E-state index in [4.69, 9.17) is 10.5 Å². The summed E-state index contributed by atoms with van der Waals surface area (Å²) in [5.41, 5.74) is 8.02. The molecule has 3 nitrogen and oxygen atoms in total. The molecular formula is C13H22N2O. The minimum Gasteiger partial charge on any atom is -0.380 e. The van der Waals surface area contributed by atoms with Crippen molar-refractivity contribution in [3.8, 4) is 0 Å². The number of benzene rings is 1. The molecule has 0 heterocycles. The first-order valence-corrected chi connectivity index (χ1v) is 5.85. The van der Waals surface area contributed by atoms with Crippen molar-refractivity contribution >= 4 is 0 Å². The SMILES string of the molecule is COCc1ccccc1CNCCCCN. The van der Waals surface area contributed by atoms with Crippen LogP contribution in [-0.2, 0) is 17.9 Å². The predicted octanol–water partition coefficient (Wildman–Crippen LogP) is 1.66. The zero-order chi connectivity index (χ0) is 11.6. The third-order valence-corrected chi connectivity index (χ3v) is 2.54. The van der Waals surface area contributed by atoms with Crippen LogP contribution in [0.4, 0.5) is 0 Å². The van der Waals surface area contributed by atoms with Gasteiger partial charge in [-0.2, -0.15) is 0 Å². The summed E-state index contributed by atoms with van der Waals surface area (Å²) >= 11 is 0. The number of hydrogen-bond acceptors (Lipinski definition) is 3. The molecule has 1 aromatic carbocycles.